The Labute approximate surface area is 130 Å². The molecule has 20 heavy (non-hydrogen) atoms. The van der Waals surface area contributed by atoms with Crippen LogP contribution in [0.3, 0.4) is 0 Å². The summed E-state index contributed by atoms with van der Waals surface area (Å²) in [7, 11) is 0. The van der Waals surface area contributed by atoms with Crippen LogP contribution in [0.4, 0.5) is 0 Å². The van der Waals surface area contributed by atoms with Crippen molar-refractivity contribution >= 4 is 27.5 Å². The van der Waals surface area contributed by atoms with E-state index < -0.39 is 6.10 Å². The van der Waals surface area contributed by atoms with Gasteiger partial charge in [-0.05, 0) is 35.4 Å². The van der Waals surface area contributed by atoms with E-state index in [1.807, 2.05) is 6.07 Å². The highest BCUT2D eigenvalue weighted by atomic mass is 79.9. The molecule has 0 fully saturated rings. The van der Waals surface area contributed by atoms with Crippen LogP contribution >= 0.6 is 27.5 Å². The molecular formula is C15H13BrClNO2. The van der Waals surface area contributed by atoms with Crippen LogP contribution in [0, 0.1) is 0 Å². The lowest BCUT2D eigenvalue weighted by Gasteiger charge is -2.13. The number of hydrogen-bond acceptors (Lipinski definition) is 3. The summed E-state index contributed by atoms with van der Waals surface area (Å²) < 4.78 is 6.67. The summed E-state index contributed by atoms with van der Waals surface area (Å²) in [5.41, 5.74) is 2.79. The lowest BCUT2D eigenvalue weighted by Crippen LogP contribution is -2.05. The molecule has 1 unspecified atom stereocenters. The standard InChI is InChI=1S/C15H13BrClNO2/c16-11-5-9-3-4-20-15(9)10(6-11)7-14(19)13-2-1-12(17)8-18-13/h1-2,5-6,8,14,19H,3-4,7H2. The molecule has 104 valence electrons. The quantitative estimate of drug-likeness (QED) is 0.913. The van der Waals surface area contributed by atoms with Crippen molar-refractivity contribution in [1.82, 2.24) is 4.98 Å². The van der Waals surface area contributed by atoms with Crippen LogP contribution in [0.5, 0.6) is 5.75 Å². The zero-order chi connectivity index (χ0) is 14.1. The van der Waals surface area contributed by atoms with Crippen molar-refractivity contribution in [2.45, 2.75) is 18.9 Å². The van der Waals surface area contributed by atoms with E-state index in [2.05, 4.69) is 27.0 Å². The number of halogens is 2. The average Bonchev–Trinajstić information content (AvgIpc) is 2.87. The molecule has 2 aromatic rings. The summed E-state index contributed by atoms with van der Waals surface area (Å²) in [6.45, 7) is 0.702. The van der Waals surface area contributed by atoms with Gasteiger partial charge in [0.15, 0.2) is 0 Å². The van der Waals surface area contributed by atoms with Crippen molar-refractivity contribution in [2.24, 2.45) is 0 Å². The number of nitrogens with zero attached hydrogens (tertiary/aromatic N) is 1. The van der Waals surface area contributed by atoms with Crippen LogP contribution in [-0.2, 0) is 12.8 Å². The maximum Gasteiger partial charge on any atom is 0.125 e. The lowest BCUT2D eigenvalue weighted by atomic mass is 10.0. The van der Waals surface area contributed by atoms with Gasteiger partial charge in [-0.2, -0.15) is 0 Å². The van der Waals surface area contributed by atoms with Crippen LogP contribution in [0.1, 0.15) is 22.9 Å². The molecule has 0 amide bonds. The van der Waals surface area contributed by atoms with Crippen molar-refractivity contribution in [2.75, 3.05) is 6.61 Å². The minimum atomic E-state index is -0.671. The molecule has 1 aliphatic rings. The first-order valence-electron chi connectivity index (χ1n) is 6.37. The van der Waals surface area contributed by atoms with E-state index >= 15 is 0 Å². The molecule has 0 bridgehead atoms. The van der Waals surface area contributed by atoms with E-state index in [-0.39, 0.29) is 0 Å². The van der Waals surface area contributed by atoms with Crippen LogP contribution < -0.4 is 4.74 Å². The predicted octanol–water partition coefficient (Wildman–Crippen LogP) is 3.71. The van der Waals surface area contributed by atoms with Gasteiger partial charge in [0.05, 0.1) is 17.3 Å². The third-order valence-electron chi connectivity index (χ3n) is 3.33. The maximum absolute atomic E-state index is 10.3. The number of fused-ring (bicyclic) bond motifs is 1. The average molecular weight is 355 g/mol. The lowest BCUT2D eigenvalue weighted by molar-refractivity contribution is 0.172. The molecule has 3 rings (SSSR count). The Morgan fingerprint density at radius 2 is 2.25 bits per heavy atom. The van der Waals surface area contributed by atoms with Crippen molar-refractivity contribution in [1.29, 1.82) is 0 Å². The zero-order valence-corrected chi connectivity index (χ0v) is 13.0. The highest BCUT2D eigenvalue weighted by Gasteiger charge is 2.20. The topological polar surface area (TPSA) is 42.4 Å². The zero-order valence-electron chi connectivity index (χ0n) is 10.6. The molecule has 1 aliphatic heterocycles. The van der Waals surface area contributed by atoms with Crippen molar-refractivity contribution in [3.8, 4) is 5.75 Å². The van der Waals surface area contributed by atoms with Gasteiger partial charge in [-0.1, -0.05) is 27.5 Å². The van der Waals surface area contributed by atoms with Gasteiger partial charge in [0.2, 0.25) is 0 Å². The van der Waals surface area contributed by atoms with Gasteiger partial charge in [-0.3, -0.25) is 4.98 Å². The van der Waals surface area contributed by atoms with Gasteiger partial charge in [0.1, 0.15) is 11.9 Å². The van der Waals surface area contributed by atoms with E-state index in [1.165, 1.54) is 5.56 Å². The summed E-state index contributed by atoms with van der Waals surface area (Å²) in [4.78, 5) is 4.16. The molecule has 0 saturated carbocycles. The first-order valence-corrected chi connectivity index (χ1v) is 7.54. The molecular weight excluding hydrogens is 342 g/mol. The second-order valence-electron chi connectivity index (χ2n) is 4.77. The third-order valence-corrected chi connectivity index (χ3v) is 4.01. The molecule has 1 N–H and O–H groups in total. The maximum atomic E-state index is 10.3. The van der Waals surface area contributed by atoms with Crippen LogP contribution in [0.25, 0.3) is 0 Å². The van der Waals surface area contributed by atoms with Crippen molar-refractivity contribution < 1.29 is 9.84 Å². The number of ether oxygens (including phenoxy) is 1. The van der Waals surface area contributed by atoms with Gasteiger partial charge in [-0.15, -0.1) is 0 Å². The Kier molecular flexibility index (Phi) is 3.96. The van der Waals surface area contributed by atoms with E-state index in [0.29, 0.717) is 23.7 Å². The fourth-order valence-electron chi connectivity index (χ4n) is 2.39. The van der Waals surface area contributed by atoms with Crippen molar-refractivity contribution in [3.63, 3.8) is 0 Å². The molecule has 1 aromatic carbocycles. The molecule has 0 radical (unpaired) electrons. The molecule has 0 aliphatic carbocycles. The fourth-order valence-corrected chi connectivity index (χ4v) is 3.06. The number of pyridine rings is 1. The monoisotopic (exact) mass is 353 g/mol. The fraction of sp³-hybridized carbons (Fsp3) is 0.267. The smallest absolute Gasteiger partial charge is 0.125 e. The number of benzene rings is 1. The Morgan fingerprint density at radius 3 is 3.00 bits per heavy atom. The largest absolute Gasteiger partial charge is 0.493 e. The van der Waals surface area contributed by atoms with E-state index in [9.17, 15) is 5.11 Å². The summed E-state index contributed by atoms with van der Waals surface area (Å²) in [6.07, 6.45) is 2.25. The van der Waals surface area contributed by atoms with E-state index in [4.69, 9.17) is 16.3 Å². The number of aromatic nitrogens is 1. The number of rotatable bonds is 3. The van der Waals surface area contributed by atoms with E-state index in [0.717, 1.165) is 22.2 Å². The highest BCUT2D eigenvalue weighted by Crippen LogP contribution is 2.35. The van der Waals surface area contributed by atoms with Gasteiger partial charge >= 0.3 is 0 Å². The molecule has 0 saturated heterocycles. The van der Waals surface area contributed by atoms with Crippen molar-refractivity contribution in [3.05, 3.63) is 56.8 Å². The van der Waals surface area contributed by atoms with Crippen LogP contribution in [-0.4, -0.2) is 16.7 Å². The second kappa shape index (κ2) is 5.72. The first kappa shape index (κ1) is 13.9. The summed E-state index contributed by atoms with van der Waals surface area (Å²) >= 11 is 9.30. The second-order valence-corrected chi connectivity index (χ2v) is 6.12. The number of aliphatic hydroxyl groups excluding tert-OH is 1. The third kappa shape index (κ3) is 2.82. The van der Waals surface area contributed by atoms with Crippen LogP contribution in [0.2, 0.25) is 5.02 Å². The van der Waals surface area contributed by atoms with E-state index in [1.54, 1.807) is 18.3 Å². The summed E-state index contributed by atoms with van der Waals surface area (Å²) in [5, 5.41) is 10.9. The van der Waals surface area contributed by atoms with Crippen LogP contribution in [0.15, 0.2) is 34.9 Å². The molecule has 3 nitrogen and oxygen atoms in total. The van der Waals surface area contributed by atoms with Gasteiger partial charge < -0.3 is 9.84 Å². The Bertz CT molecular complexity index is 631. The first-order chi connectivity index (χ1) is 9.63. The normalized spacial score (nSPS) is 14.8. The van der Waals surface area contributed by atoms with Gasteiger partial charge in [0.25, 0.3) is 0 Å². The Balaban J connectivity index is 1.86. The van der Waals surface area contributed by atoms with Gasteiger partial charge in [0, 0.05) is 23.5 Å². The highest BCUT2D eigenvalue weighted by molar-refractivity contribution is 9.10. The molecule has 5 heteroatoms. The molecule has 2 heterocycles. The number of hydrogen-bond donors (Lipinski definition) is 1. The predicted molar refractivity (Wildman–Crippen MR) is 81.3 cm³/mol. The minimum absolute atomic E-state index is 0.469. The minimum Gasteiger partial charge on any atom is -0.493 e. The molecule has 1 atom stereocenters. The SMILES string of the molecule is OC(Cc1cc(Br)cc2c1OCC2)c1ccc(Cl)cn1. The molecule has 0 spiro atoms. The molecule has 1 aromatic heterocycles. The summed E-state index contributed by atoms with van der Waals surface area (Å²) in [5.74, 6) is 0.904. The summed E-state index contributed by atoms with van der Waals surface area (Å²) in [6, 6.07) is 7.53. The number of aliphatic hydroxyl groups is 1. The Hall–Kier alpha value is -1.10. The van der Waals surface area contributed by atoms with Gasteiger partial charge in [-0.25, -0.2) is 0 Å². The Morgan fingerprint density at radius 1 is 1.40 bits per heavy atom.